The number of amides is 1. The topological polar surface area (TPSA) is 62.7 Å². The molecule has 1 aliphatic heterocycles. The van der Waals surface area contributed by atoms with Crippen LogP contribution in [0.2, 0.25) is 0 Å². The molecule has 5 heteroatoms. The Kier molecular flexibility index (Phi) is 4.78. The van der Waals surface area contributed by atoms with Gasteiger partial charge in [0, 0.05) is 24.1 Å². The van der Waals surface area contributed by atoms with Crippen LogP contribution in [-0.2, 0) is 4.74 Å². The SMILES string of the molecule is O=C(c1cc(-c2ccccc2)nc2ccccc12)N1CCO[C@H]2C[C@H](CO)C[C@@H]21. The van der Waals surface area contributed by atoms with E-state index in [0.29, 0.717) is 18.7 Å². The number of hydrogen-bond acceptors (Lipinski definition) is 4. The summed E-state index contributed by atoms with van der Waals surface area (Å²) in [5.41, 5.74) is 3.30. The van der Waals surface area contributed by atoms with E-state index in [2.05, 4.69) is 0 Å². The number of ether oxygens (including phenoxy) is 1. The first-order valence-corrected chi connectivity index (χ1v) is 10.2. The fourth-order valence-corrected chi connectivity index (χ4v) is 4.72. The smallest absolute Gasteiger partial charge is 0.255 e. The summed E-state index contributed by atoms with van der Waals surface area (Å²) in [5, 5.41) is 10.5. The summed E-state index contributed by atoms with van der Waals surface area (Å²) >= 11 is 0. The van der Waals surface area contributed by atoms with E-state index < -0.39 is 0 Å². The summed E-state index contributed by atoms with van der Waals surface area (Å²) in [7, 11) is 0. The van der Waals surface area contributed by atoms with E-state index in [0.717, 1.165) is 35.0 Å². The average molecular weight is 388 g/mol. The molecule has 3 aromatic rings. The van der Waals surface area contributed by atoms with Crippen molar-refractivity contribution in [2.75, 3.05) is 19.8 Å². The van der Waals surface area contributed by atoms with Crippen molar-refractivity contribution in [1.29, 1.82) is 0 Å². The Bertz CT molecular complexity index is 1040. The Morgan fingerprint density at radius 3 is 2.72 bits per heavy atom. The van der Waals surface area contributed by atoms with Crippen molar-refractivity contribution in [3.8, 4) is 11.3 Å². The molecule has 2 aliphatic rings. The molecule has 5 nitrogen and oxygen atoms in total. The standard InChI is InChI=1S/C24H24N2O3/c27-15-16-12-22-23(13-16)29-11-10-26(22)24(28)19-14-21(17-6-2-1-3-7-17)25-20-9-5-4-8-18(19)20/h1-9,14,16,22-23,27H,10-13,15H2/t16-,22+,23+/m1/s1. The molecule has 0 unspecified atom stereocenters. The lowest BCUT2D eigenvalue weighted by Crippen LogP contribution is -2.51. The molecule has 1 aliphatic carbocycles. The number of hydrogen-bond donors (Lipinski definition) is 1. The molecule has 0 bridgehead atoms. The summed E-state index contributed by atoms with van der Waals surface area (Å²) in [4.78, 5) is 20.5. The van der Waals surface area contributed by atoms with E-state index in [1.807, 2.05) is 65.6 Å². The van der Waals surface area contributed by atoms with Crippen LogP contribution >= 0.6 is 0 Å². The molecule has 1 aromatic heterocycles. The van der Waals surface area contributed by atoms with E-state index in [4.69, 9.17) is 9.72 Å². The number of morpholine rings is 1. The number of nitrogens with zero attached hydrogens (tertiary/aromatic N) is 2. The first-order valence-electron chi connectivity index (χ1n) is 10.2. The Morgan fingerprint density at radius 2 is 1.90 bits per heavy atom. The molecule has 1 amide bonds. The van der Waals surface area contributed by atoms with Crippen LogP contribution in [0.3, 0.4) is 0 Å². The number of fused-ring (bicyclic) bond motifs is 2. The lowest BCUT2D eigenvalue weighted by Gasteiger charge is -2.38. The second-order valence-corrected chi connectivity index (χ2v) is 7.93. The number of carbonyl (C=O) groups is 1. The van der Waals surface area contributed by atoms with Crippen LogP contribution in [0.25, 0.3) is 22.2 Å². The number of carbonyl (C=O) groups excluding carboxylic acids is 1. The van der Waals surface area contributed by atoms with Gasteiger partial charge in [0.15, 0.2) is 0 Å². The fourth-order valence-electron chi connectivity index (χ4n) is 4.72. The molecule has 5 rings (SSSR count). The summed E-state index contributed by atoms with van der Waals surface area (Å²) in [6.45, 7) is 1.27. The first-order chi connectivity index (χ1) is 14.2. The van der Waals surface area contributed by atoms with Gasteiger partial charge in [-0.05, 0) is 30.9 Å². The molecule has 2 heterocycles. The van der Waals surface area contributed by atoms with Gasteiger partial charge in [0.1, 0.15) is 0 Å². The van der Waals surface area contributed by atoms with Crippen molar-refractivity contribution in [2.24, 2.45) is 5.92 Å². The zero-order valence-corrected chi connectivity index (χ0v) is 16.2. The van der Waals surface area contributed by atoms with Gasteiger partial charge < -0.3 is 14.7 Å². The highest BCUT2D eigenvalue weighted by Gasteiger charge is 2.43. The predicted octanol–water partition coefficient (Wildman–Crippen LogP) is 3.51. The molecule has 1 N–H and O–H groups in total. The minimum absolute atomic E-state index is 0.0199. The number of pyridine rings is 1. The lowest BCUT2D eigenvalue weighted by atomic mass is 10.0. The second kappa shape index (κ2) is 7.58. The van der Waals surface area contributed by atoms with E-state index in [-0.39, 0.29) is 30.6 Å². The minimum atomic E-state index is 0.0199. The lowest BCUT2D eigenvalue weighted by molar-refractivity contribution is -0.0448. The van der Waals surface area contributed by atoms with E-state index in [1.165, 1.54) is 0 Å². The van der Waals surface area contributed by atoms with Crippen LogP contribution in [-0.4, -0.2) is 52.8 Å². The third-order valence-electron chi connectivity index (χ3n) is 6.17. The van der Waals surface area contributed by atoms with Crippen LogP contribution in [0.4, 0.5) is 0 Å². The van der Waals surface area contributed by atoms with E-state index in [9.17, 15) is 9.90 Å². The highest BCUT2D eigenvalue weighted by atomic mass is 16.5. The van der Waals surface area contributed by atoms with Gasteiger partial charge in [-0.3, -0.25) is 4.79 Å². The number of benzene rings is 2. The Labute approximate surface area is 169 Å². The van der Waals surface area contributed by atoms with Gasteiger partial charge in [-0.15, -0.1) is 0 Å². The maximum atomic E-state index is 13.7. The van der Waals surface area contributed by atoms with Crippen molar-refractivity contribution in [1.82, 2.24) is 9.88 Å². The van der Waals surface area contributed by atoms with Gasteiger partial charge >= 0.3 is 0 Å². The second-order valence-electron chi connectivity index (χ2n) is 7.93. The van der Waals surface area contributed by atoms with Crippen molar-refractivity contribution < 1.29 is 14.6 Å². The summed E-state index contributed by atoms with van der Waals surface area (Å²) < 4.78 is 5.91. The number of para-hydroxylation sites is 1. The third-order valence-corrected chi connectivity index (χ3v) is 6.17. The van der Waals surface area contributed by atoms with Crippen molar-refractivity contribution in [3.05, 3.63) is 66.2 Å². The van der Waals surface area contributed by atoms with E-state index in [1.54, 1.807) is 0 Å². The van der Waals surface area contributed by atoms with E-state index >= 15 is 0 Å². The quantitative estimate of drug-likeness (QED) is 0.746. The van der Waals surface area contributed by atoms with Crippen LogP contribution in [0.15, 0.2) is 60.7 Å². The van der Waals surface area contributed by atoms with Crippen molar-refractivity contribution >= 4 is 16.8 Å². The maximum Gasteiger partial charge on any atom is 0.255 e. The number of aliphatic hydroxyl groups is 1. The molecule has 3 atom stereocenters. The number of aromatic nitrogens is 1. The normalized spacial score (nSPS) is 23.9. The first kappa shape index (κ1) is 18.3. The predicted molar refractivity (Wildman–Crippen MR) is 112 cm³/mol. The molecule has 1 saturated carbocycles. The highest BCUT2D eigenvalue weighted by Crippen LogP contribution is 2.35. The van der Waals surface area contributed by atoms with Gasteiger partial charge in [-0.25, -0.2) is 4.98 Å². The van der Waals surface area contributed by atoms with Gasteiger partial charge in [-0.2, -0.15) is 0 Å². The monoisotopic (exact) mass is 388 g/mol. The molecule has 2 fully saturated rings. The summed E-state index contributed by atoms with van der Waals surface area (Å²) in [6.07, 6.45) is 1.63. The summed E-state index contributed by atoms with van der Waals surface area (Å²) in [6, 6.07) is 19.7. The van der Waals surface area contributed by atoms with Crippen LogP contribution < -0.4 is 0 Å². The summed E-state index contributed by atoms with van der Waals surface area (Å²) in [5.74, 6) is 0.227. The molecule has 29 heavy (non-hydrogen) atoms. The molecule has 1 saturated heterocycles. The minimum Gasteiger partial charge on any atom is -0.396 e. The Morgan fingerprint density at radius 1 is 1.10 bits per heavy atom. The number of rotatable bonds is 3. The average Bonchev–Trinajstić information content (AvgIpc) is 3.22. The van der Waals surface area contributed by atoms with Gasteiger partial charge in [-0.1, -0.05) is 48.5 Å². The maximum absolute atomic E-state index is 13.7. The molecular formula is C24H24N2O3. The largest absolute Gasteiger partial charge is 0.396 e. The molecule has 0 spiro atoms. The Hall–Kier alpha value is -2.76. The Balaban J connectivity index is 1.58. The van der Waals surface area contributed by atoms with Crippen LogP contribution in [0.1, 0.15) is 23.2 Å². The number of aliphatic hydroxyl groups excluding tert-OH is 1. The van der Waals surface area contributed by atoms with Crippen molar-refractivity contribution in [2.45, 2.75) is 25.0 Å². The molecule has 148 valence electrons. The zero-order chi connectivity index (χ0) is 19.8. The fraction of sp³-hybridized carbons (Fsp3) is 0.333. The van der Waals surface area contributed by atoms with Gasteiger partial charge in [0.05, 0.1) is 35.5 Å². The molecular weight excluding hydrogens is 364 g/mol. The zero-order valence-electron chi connectivity index (χ0n) is 16.2. The van der Waals surface area contributed by atoms with Crippen LogP contribution in [0, 0.1) is 5.92 Å². The van der Waals surface area contributed by atoms with Crippen LogP contribution in [0.5, 0.6) is 0 Å². The van der Waals surface area contributed by atoms with Crippen molar-refractivity contribution in [3.63, 3.8) is 0 Å². The molecule has 2 aromatic carbocycles. The van der Waals surface area contributed by atoms with Gasteiger partial charge in [0.2, 0.25) is 0 Å². The molecule has 0 radical (unpaired) electrons. The van der Waals surface area contributed by atoms with Gasteiger partial charge in [0.25, 0.3) is 5.91 Å². The highest BCUT2D eigenvalue weighted by molar-refractivity contribution is 6.07. The third kappa shape index (κ3) is 3.30.